The van der Waals surface area contributed by atoms with Crippen LogP contribution in [0, 0.1) is 6.92 Å². The number of para-hydroxylation sites is 1. The minimum absolute atomic E-state index is 0.0812. The summed E-state index contributed by atoms with van der Waals surface area (Å²) in [7, 11) is 1.66. The van der Waals surface area contributed by atoms with E-state index in [0.717, 1.165) is 24.5 Å². The average Bonchev–Trinajstić information content (AvgIpc) is 2.54. The van der Waals surface area contributed by atoms with Gasteiger partial charge < -0.3 is 14.8 Å². The smallest absolute Gasteiger partial charge is 0.120 e. The Bertz CT molecular complexity index is 593. The molecule has 3 heteroatoms. The Kier molecular flexibility index (Phi) is 5.70. The molecule has 0 saturated carbocycles. The first-order valence-corrected chi connectivity index (χ1v) is 7.77. The molecule has 0 aliphatic rings. The second kappa shape index (κ2) is 7.74. The third-order valence-electron chi connectivity index (χ3n) is 3.70. The van der Waals surface area contributed by atoms with E-state index in [1.807, 2.05) is 24.3 Å². The lowest BCUT2D eigenvalue weighted by Gasteiger charge is -2.19. The van der Waals surface area contributed by atoms with Gasteiger partial charge in [0, 0.05) is 5.69 Å². The largest absolute Gasteiger partial charge is 0.497 e. The monoisotopic (exact) mass is 299 g/mol. The maximum absolute atomic E-state index is 5.93. The Hall–Kier alpha value is -2.16. The van der Waals surface area contributed by atoms with Crippen molar-refractivity contribution < 1.29 is 9.47 Å². The Morgan fingerprint density at radius 2 is 1.73 bits per heavy atom. The van der Waals surface area contributed by atoms with Gasteiger partial charge in [-0.25, -0.2) is 0 Å². The third-order valence-corrected chi connectivity index (χ3v) is 3.70. The lowest BCUT2D eigenvalue weighted by Crippen LogP contribution is -2.23. The molecule has 1 atom stereocenters. The summed E-state index contributed by atoms with van der Waals surface area (Å²) < 4.78 is 11.1. The summed E-state index contributed by atoms with van der Waals surface area (Å²) in [5, 5.41) is 3.53. The van der Waals surface area contributed by atoms with Gasteiger partial charge in [-0.3, -0.25) is 0 Å². The van der Waals surface area contributed by atoms with Crippen LogP contribution >= 0.6 is 0 Å². The Balaban J connectivity index is 1.93. The van der Waals surface area contributed by atoms with Crippen molar-refractivity contribution in [2.24, 2.45) is 0 Å². The fourth-order valence-electron chi connectivity index (χ4n) is 2.45. The number of methoxy groups -OCH3 is 1. The van der Waals surface area contributed by atoms with Crippen molar-refractivity contribution in [3.05, 3.63) is 53.6 Å². The molecule has 0 aliphatic heterocycles. The molecular formula is C19H25NO2. The molecule has 2 aromatic rings. The molecule has 0 bridgehead atoms. The number of rotatable bonds is 7. The minimum Gasteiger partial charge on any atom is -0.497 e. The van der Waals surface area contributed by atoms with E-state index in [9.17, 15) is 0 Å². The zero-order chi connectivity index (χ0) is 15.9. The van der Waals surface area contributed by atoms with Crippen LogP contribution in [0.1, 0.15) is 25.0 Å². The van der Waals surface area contributed by atoms with Gasteiger partial charge in [-0.15, -0.1) is 0 Å². The van der Waals surface area contributed by atoms with Crippen molar-refractivity contribution in [1.82, 2.24) is 0 Å². The molecule has 22 heavy (non-hydrogen) atoms. The maximum Gasteiger partial charge on any atom is 0.120 e. The molecule has 0 spiro atoms. The van der Waals surface area contributed by atoms with Crippen LogP contribution in [0.5, 0.6) is 11.5 Å². The van der Waals surface area contributed by atoms with E-state index in [2.05, 4.69) is 44.3 Å². The highest BCUT2D eigenvalue weighted by Gasteiger charge is 2.08. The normalized spacial score (nSPS) is 11.8. The van der Waals surface area contributed by atoms with Gasteiger partial charge in [0.2, 0.25) is 0 Å². The second-order valence-corrected chi connectivity index (χ2v) is 5.45. The van der Waals surface area contributed by atoms with Crippen LogP contribution in [-0.4, -0.2) is 19.8 Å². The summed E-state index contributed by atoms with van der Waals surface area (Å²) in [6.45, 7) is 7.15. The molecule has 0 amide bonds. The van der Waals surface area contributed by atoms with E-state index in [1.54, 1.807) is 7.11 Å². The Labute approximate surface area is 133 Å². The number of benzene rings is 2. The fraction of sp³-hybridized carbons (Fsp3) is 0.368. The standard InChI is InChI=1S/C19H25NO2/c1-5-16-8-6-7-14(2)19(16)20-13-15(3)22-18-11-9-17(21-4)10-12-18/h6-12,15,20H,5,13H2,1-4H3. The maximum atomic E-state index is 5.93. The Morgan fingerprint density at radius 3 is 2.36 bits per heavy atom. The molecule has 2 rings (SSSR count). The average molecular weight is 299 g/mol. The molecule has 2 aromatic carbocycles. The molecule has 3 nitrogen and oxygen atoms in total. The topological polar surface area (TPSA) is 30.5 Å². The van der Waals surface area contributed by atoms with Gasteiger partial charge in [-0.05, 0) is 55.7 Å². The molecule has 1 unspecified atom stereocenters. The summed E-state index contributed by atoms with van der Waals surface area (Å²) in [6.07, 6.45) is 1.11. The van der Waals surface area contributed by atoms with Crippen LogP contribution in [0.4, 0.5) is 5.69 Å². The first kappa shape index (κ1) is 16.2. The number of ether oxygens (including phenoxy) is 2. The van der Waals surface area contributed by atoms with Crippen LogP contribution in [0.2, 0.25) is 0 Å². The van der Waals surface area contributed by atoms with Gasteiger partial charge in [0.05, 0.1) is 13.7 Å². The van der Waals surface area contributed by atoms with Gasteiger partial charge in [0.25, 0.3) is 0 Å². The number of hydrogen-bond acceptors (Lipinski definition) is 3. The van der Waals surface area contributed by atoms with Crippen LogP contribution in [0.15, 0.2) is 42.5 Å². The highest BCUT2D eigenvalue weighted by Crippen LogP contribution is 2.22. The highest BCUT2D eigenvalue weighted by atomic mass is 16.5. The number of nitrogens with one attached hydrogen (secondary N) is 1. The quantitative estimate of drug-likeness (QED) is 0.819. The van der Waals surface area contributed by atoms with Gasteiger partial charge in [0.15, 0.2) is 0 Å². The zero-order valence-corrected chi connectivity index (χ0v) is 13.8. The van der Waals surface area contributed by atoms with Crippen molar-refractivity contribution in [3.63, 3.8) is 0 Å². The summed E-state index contributed by atoms with van der Waals surface area (Å²) in [4.78, 5) is 0. The lowest BCUT2D eigenvalue weighted by atomic mass is 10.1. The predicted octanol–water partition coefficient (Wildman–Crippen LogP) is 4.45. The first-order valence-electron chi connectivity index (χ1n) is 7.77. The molecule has 1 N–H and O–H groups in total. The first-order chi connectivity index (χ1) is 10.6. The van der Waals surface area contributed by atoms with Crippen molar-refractivity contribution >= 4 is 5.69 Å². The van der Waals surface area contributed by atoms with E-state index in [1.165, 1.54) is 16.8 Å². The van der Waals surface area contributed by atoms with E-state index >= 15 is 0 Å². The summed E-state index contributed by atoms with van der Waals surface area (Å²) in [5.74, 6) is 1.70. The molecular weight excluding hydrogens is 274 g/mol. The van der Waals surface area contributed by atoms with Gasteiger partial charge >= 0.3 is 0 Å². The molecule has 0 saturated heterocycles. The van der Waals surface area contributed by atoms with Gasteiger partial charge in [0.1, 0.15) is 17.6 Å². The lowest BCUT2D eigenvalue weighted by molar-refractivity contribution is 0.234. The number of anilines is 1. The van der Waals surface area contributed by atoms with Crippen molar-refractivity contribution in [2.45, 2.75) is 33.3 Å². The van der Waals surface area contributed by atoms with Gasteiger partial charge in [-0.1, -0.05) is 25.1 Å². The van der Waals surface area contributed by atoms with Crippen LogP contribution in [0.3, 0.4) is 0 Å². The summed E-state index contributed by atoms with van der Waals surface area (Å²) in [6, 6.07) is 14.1. The van der Waals surface area contributed by atoms with Crippen LogP contribution in [0.25, 0.3) is 0 Å². The van der Waals surface area contributed by atoms with Crippen LogP contribution in [-0.2, 0) is 6.42 Å². The predicted molar refractivity (Wildman–Crippen MR) is 92.1 cm³/mol. The highest BCUT2D eigenvalue weighted by molar-refractivity contribution is 5.57. The van der Waals surface area contributed by atoms with E-state index in [0.29, 0.717) is 0 Å². The Morgan fingerprint density at radius 1 is 1.05 bits per heavy atom. The van der Waals surface area contributed by atoms with E-state index < -0.39 is 0 Å². The van der Waals surface area contributed by atoms with E-state index in [4.69, 9.17) is 9.47 Å². The molecule has 0 aromatic heterocycles. The second-order valence-electron chi connectivity index (χ2n) is 5.45. The molecule has 118 valence electrons. The number of aryl methyl sites for hydroxylation is 2. The van der Waals surface area contributed by atoms with Crippen molar-refractivity contribution in [2.75, 3.05) is 19.0 Å². The molecule has 0 fully saturated rings. The summed E-state index contributed by atoms with van der Waals surface area (Å²) >= 11 is 0. The SMILES string of the molecule is CCc1cccc(C)c1NCC(C)Oc1ccc(OC)cc1. The fourth-order valence-corrected chi connectivity index (χ4v) is 2.45. The third kappa shape index (κ3) is 4.17. The number of hydrogen-bond donors (Lipinski definition) is 1. The minimum atomic E-state index is 0.0812. The zero-order valence-electron chi connectivity index (χ0n) is 13.8. The summed E-state index contributed by atoms with van der Waals surface area (Å²) in [5.41, 5.74) is 3.85. The van der Waals surface area contributed by atoms with Gasteiger partial charge in [-0.2, -0.15) is 0 Å². The molecule has 0 radical (unpaired) electrons. The van der Waals surface area contributed by atoms with Crippen molar-refractivity contribution in [1.29, 1.82) is 0 Å². The van der Waals surface area contributed by atoms with Crippen molar-refractivity contribution in [3.8, 4) is 11.5 Å². The molecule has 0 heterocycles. The van der Waals surface area contributed by atoms with Crippen LogP contribution < -0.4 is 14.8 Å². The molecule has 0 aliphatic carbocycles. The van der Waals surface area contributed by atoms with E-state index in [-0.39, 0.29) is 6.10 Å².